The minimum absolute atomic E-state index is 0.0409. The maximum absolute atomic E-state index is 12.2. The van der Waals surface area contributed by atoms with Crippen molar-refractivity contribution in [2.24, 2.45) is 0 Å². The van der Waals surface area contributed by atoms with Crippen LogP contribution in [0.25, 0.3) is 0 Å². The second kappa shape index (κ2) is 11.6. The summed E-state index contributed by atoms with van der Waals surface area (Å²) >= 11 is 0. The molecule has 0 radical (unpaired) electrons. The Balaban J connectivity index is 4.56. The molecule has 0 aromatic heterocycles. The molecule has 0 aliphatic carbocycles. The lowest BCUT2D eigenvalue weighted by Crippen LogP contribution is -2.63. The highest BCUT2D eigenvalue weighted by Crippen LogP contribution is 2.23. The molecule has 0 aliphatic heterocycles. The Morgan fingerprint density at radius 3 is 2.04 bits per heavy atom. The van der Waals surface area contributed by atoms with Crippen molar-refractivity contribution in [3.8, 4) is 0 Å². The molecular formula is C16H30O7. The molecule has 0 spiro atoms. The molecule has 0 aromatic carbocycles. The molecule has 0 bridgehead atoms. The van der Waals surface area contributed by atoms with Crippen molar-refractivity contribution in [2.75, 3.05) is 6.61 Å². The predicted molar refractivity (Wildman–Crippen MR) is 83.7 cm³/mol. The van der Waals surface area contributed by atoms with Crippen LogP contribution in [-0.4, -0.2) is 68.1 Å². The number of aliphatic hydroxyl groups excluding tert-OH is 4. The van der Waals surface area contributed by atoms with E-state index in [1.165, 1.54) is 0 Å². The van der Waals surface area contributed by atoms with Crippen LogP contribution in [0.5, 0.6) is 0 Å². The van der Waals surface area contributed by atoms with Crippen molar-refractivity contribution in [3.63, 3.8) is 0 Å². The molecule has 136 valence electrons. The maximum Gasteiger partial charge on any atom is 0.179 e. The molecule has 0 saturated heterocycles. The maximum atomic E-state index is 12.2. The summed E-state index contributed by atoms with van der Waals surface area (Å²) in [6, 6.07) is 0. The third-order valence-electron chi connectivity index (χ3n) is 4.05. The number of carbonyl (C=O) groups is 2. The summed E-state index contributed by atoms with van der Waals surface area (Å²) in [6.07, 6.45) is 0.266. The summed E-state index contributed by atoms with van der Waals surface area (Å²) in [5, 5.41) is 48.0. The average Bonchev–Trinajstić information content (AvgIpc) is 2.57. The van der Waals surface area contributed by atoms with Crippen LogP contribution in [0.15, 0.2) is 0 Å². The van der Waals surface area contributed by atoms with Gasteiger partial charge in [-0.3, -0.25) is 4.79 Å². The summed E-state index contributed by atoms with van der Waals surface area (Å²) in [6.45, 7) is 1.13. The van der Waals surface area contributed by atoms with Crippen LogP contribution in [0, 0.1) is 0 Å². The average molecular weight is 334 g/mol. The third kappa shape index (κ3) is 6.64. The van der Waals surface area contributed by atoms with E-state index >= 15 is 0 Å². The molecule has 0 rings (SSSR count). The number of rotatable bonds is 14. The Morgan fingerprint density at radius 1 is 1.04 bits per heavy atom. The Labute approximate surface area is 137 Å². The minimum Gasteiger partial charge on any atom is -0.394 e. The van der Waals surface area contributed by atoms with Gasteiger partial charge in [-0.1, -0.05) is 45.4 Å². The standard InChI is InChI=1S/C16H30O7/c1-2-3-4-5-6-7-8-9-13(20)16(23,14(21)11-18)15(22)12(19)10-17/h10,12,14-15,18-19,21-23H,2-9,11H2,1H3/t12-,14+,15+,16+/m0/s1. The van der Waals surface area contributed by atoms with Gasteiger partial charge in [0.05, 0.1) is 6.61 Å². The van der Waals surface area contributed by atoms with Crippen LogP contribution < -0.4 is 0 Å². The quantitative estimate of drug-likeness (QED) is 0.217. The Hall–Kier alpha value is -0.860. The number of carbonyl (C=O) groups excluding carboxylic acids is 2. The van der Waals surface area contributed by atoms with Crippen molar-refractivity contribution in [1.82, 2.24) is 0 Å². The van der Waals surface area contributed by atoms with E-state index in [9.17, 15) is 30.0 Å². The first-order valence-electron chi connectivity index (χ1n) is 8.22. The van der Waals surface area contributed by atoms with Crippen LogP contribution in [0.4, 0.5) is 0 Å². The third-order valence-corrected chi connectivity index (χ3v) is 4.05. The summed E-state index contributed by atoms with van der Waals surface area (Å²) in [4.78, 5) is 22.7. The lowest BCUT2D eigenvalue weighted by molar-refractivity contribution is -0.191. The summed E-state index contributed by atoms with van der Waals surface area (Å²) in [5.74, 6) is -0.902. The fraction of sp³-hybridized carbons (Fsp3) is 0.875. The van der Waals surface area contributed by atoms with Gasteiger partial charge in [0.1, 0.15) is 18.3 Å². The lowest BCUT2D eigenvalue weighted by atomic mass is 9.81. The van der Waals surface area contributed by atoms with Gasteiger partial charge >= 0.3 is 0 Å². The number of hydrogen-bond acceptors (Lipinski definition) is 7. The molecule has 4 atom stereocenters. The molecule has 7 nitrogen and oxygen atoms in total. The Bertz CT molecular complexity index is 347. The monoisotopic (exact) mass is 334 g/mol. The number of aldehydes is 1. The SMILES string of the molecule is CCCCCCCCCC(=O)[C@@](O)([C@H](O)CO)[C@H](O)[C@@H](O)C=O. The number of unbranched alkanes of at least 4 members (excludes halogenated alkanes) is 6. The van der Waals surface area contributed by atoms with E-state index < -0.39 is 36.3 Å². The Morgan fingerprint density at radius 2 is 1.57 bits per heavy atom. The fourth-order valence-corrected chi connectivity index (χ4v) is 2.46. The van der Waals surface area contributed by atoms with Crippen molar-refractivity contribution in [2.45, 2.75) is 82.2 Å². The van der Waals surface area contributed by atoms with E-state index in [-0.39, 0.29) is 12.7 Å². The highest BCUT2D eigenvalue weighted by molar-refractivity contribution is 5.89. The first-order chi connectivity index (χ1) is 10.9. The van der Waals surface area contributed by atoms with Gasteiger partial charge in [0.2, 0.25) is 0 Å². The first kappa shape index (κ1) is 22.1. The van der Waals surface area contributed by atoms with E-state index in [0.29, 0.717) is 6.42 Å². The van der Waals surface area contributed by atoms with Crippen LogP contribution in [-0.2, 0) is 9.59 Å². The number of ketones is 1. The molecule has 0 fully saturated rings. The highest BCUT2D eigenvalue weighted by Gasteiger charge is 2.51. The van der Waals surface area contributed by atoms with Gasteiger partial charge in [0, 0.05) is 6.42 Å². The molecule has 0 amide bonds. The normalized spacial score (nSPS) is 18.0. The molecule has 0 heterocycles. The van der Waals surface area contributed by atoms with Gasteiger partial charge in [-0.15, -0.1) is 0 Å². The summed E-state index contributed by atoms with van der Waals surface area (Å²) in [5.41, 5.74) is -2.77. The molecule has 5 N–H and O–H groups in total. The number of aliphatic hydroxyl groups is 5. The molecule has 7 heteroatoms. The molecule has 0 aliphatic rings. The predicted octanol–water partition coefficient (Wildman–Crippen LogP) is -0.299. The number of hydrogen-bond donors (Lipinski definition) is 5. The highest BCUT2D eigenvalue weighted by atomic mass is 16.4. The largest absolute Gasteiger partial charge is 0.394 e. The van der Waals surface area contributed by atoms with Gasteiger partial charge in [0.15, 0.2) is 17.7 Å². The number of Topliss-reactive ketones (excluding diaryl/α,β-unsaturated/α-hetero) is 1. The second-order valence-electron chi connectivity index (χ2n) is 5.89. The van der Waals surface area contributed by atoms with Crippen molar-refractivity contribution in [3.05, 3.63) is 0 Å². The van der Waals surface area contributed by atoms with Gasteiger partial charge < -0.3 is 30.3 Å². The Kier molecular flexibility index (Phi) is 11.2. The smallest absolute Gasteiger partial charge is 0.179 e. The van der Waals surface area contributed by atoms with E-state index in [1.54, 1.807) is 0 Å². The molecular weight excluding hydrogens is 304 g/mol. The van der Waals surface area contributed by atoms with Gasteiger partial charge in [-0.05, 0) is 6.42 Å². The van der Waals surface area contributed by atoms with E-state index in [1.807, 2.05) is 0 Å². The molecule has 0 aromatic rings. The summed E-state index contributed by atoms with van der Waals surface area (Å²) in [7, 11) is 0. The van der Waals surface area contributed by atoms with Crippen LogP contribution >= 0.6 is 0 Å². The molecule has 0 saturated carbocycles. The summed E-state index contributed by atoms with van der Waals surface area (Å²) < 4.78 is 0. The minimum atomic E-state index is -2.77. The lowest BCUT2D eigenvalue weighted by Gasteiger charge is -2.35. The molecule has 23 heavy (non-hydrogen) atoms. The zero-order valence-corrected chi connectivity index (χ0v) is 13.7. The topological polar surface area (TPSA) is 135 Å². The second-order valence-corrected chi connectivity index (χ2v) is 5.89. The van der Waals surface area contributed by atoms with Crippen LogP contribution in [0.1, 0.15) is 58.3 Å². The van der Waals surface area contributed by atoms with Gasteiger partial charge in [0.25, 0.3) is 0 Å². The first-order valence-corrected chi connectivity index (χ1v) is 8.22. The van der Waals surface area contributed by atoms with Crippen molar-refractivity contribution in [1.29, 1.82) is 0 Å². The van der Waals surface area contributed by atoms with Gasteiger partial charge in [-0.25, -0.2) is 0 Å². The van der Waals surface area contributed by atoms with E-state index in [0.717, 1.165) is 38.5 Å². The zero-order chi connectivity index (χ0) is 17.9. The van der Waals surface area contributed by atoms with Gasteiger partial charge in [-0.2, -0.15) is 0 Å². The van der Waals surface area contributed by atoms with E-state index in [4.69, 9.17) is 5.11 Å². The van der Waals surface area contributed by atoms with Crippen molar-refractivity contribution < 1.29 is 35.1 Å². The van der Waals surface area contributed by atoms with Crippen LogP contribution in [0.2, 0.25) is 0 Å². The van der Waals surface area contributed by atoms with Crippen LogP contribution in [0.3, 0.4) is 0 Å². The van der Waals surface area contributed by atoms with Crippen molar-refractivity contribution >= 4 is 12.1 Å². The van der Waals surface area contributed by atoms with E-state index in [2.05, 4.69) is 6.92 Å². The molecule has 0 unspecified atom stereocenters. The fourth-order valence-electron chi connectivity index (χ4n) is 2.46. The zero-order valence-electron chi connectivity index (χ0n) is 13.7.